The molecule has 1 fully saturated rings. The number of hydrogen-bond acceptors (Lipinski definition) is 3. The van der Waals surface area contributed by atoms with Crippen molar-refractivity contribution in [3.8, 4) is 11.3 Å². The van der Waals surface area contributed by atoms with Crippen LogP contribution in [-0.4, -0.2) is 30.7 Å². The molecule has 1 saturated carbocycles. The van der Waals surface area contributed by atoms with Gasteiger partial charge in [-0.15, -0.1) is 0 Å². The van der Waals surface area contributed by atoms with Crippen LogP contribution in [0.15, 0.2) is 42.5 Å². The van der Waals surface area contributed by atoms with E-state index >= 15 is 0 Å². The van der Waals surface area contributed by atoms with Crippen LogP contribution in [0.2, 0.25) is 0 Å². The van der Waals surface area contributed by atoms with Gasteiger partial charge >= 0.3 is 5.97 Å². The Morgan fingerprint density at radius 1 is 1.07 bits per heavy atom. The summed E-state index contributed by atoms with van der Waals surface area (Å²) in [7, 11) is 1.45. The third-order valence-corrected chi connectivity index (χ3v) is 7.01. The Balaban J connectivity index is 1.81. The van der Waals surface area contributed by atoms with E-state index in [2.05, 4.69) is 46.7 Å². The topological polar surface area (TPSA) is 34.5 Å². The third-order valence-electron chi connectivity index (χ3n) is 7.01. The first-order chi connectivity index (χ1) is 14.7. The standard InChI is InChI=1S/C26H30N2O2/c1-3-27-15-16-28-23-17-19(26(29)30-2)13-14-20(23)24(18-9-5-4-6-10-18)25(28)21-11-7-8-12-22(21)27/h7-8,11-14,17-18H,3-6,9-10,15-16H2,1-2H3. The fourth-order valence-electron chi connectivity index (χ4n) is 5.57. The van der Waals surface area contributed by atoms with Gasteiger partial charge in [0.1, 0.15) is 0 Å². The lowest BCUT2D eigenvalue weighted by Crippen LogP contribution is -2.25. The van der Waals surface area contributed by atoms with Crippen molar-refractivity contribution < 1.29 is 9.53 Å². The maximum atomic E-state index is 12.3. The fourth-order valence-corrected chi connectivity index (χ4v) is 5.57. The van der Waals surface area contributed by atoms with E-state index in [9.17, 15) is 4.79 Å². The van der Waals surface area contributed by atoms with Crippen molar-refractivity contribution in [2.45, 2.75) is 51.5 Å². The quantitative estimate of drug-likeness (QED) is 0.505. The number of likely N-dealkylation sites (N-methyl/N-ethyl adjacent to an activating group) is 1. The van der Waals surface area contributed by atoms with Gasteiger partial charge in [0.25, 0.3) is 0 Å². The van der Waals surface area contributed by atoms with Crippen molar-refractivity contribution in [2.24, 2.45) is 0 Å². The third kappa shape index (κ3) is 3.01. The lowest BCUT2D eigenvalue weighted by atomic mass is 9.81. The van der Waals surface area contributed by atoms with Crippen molar-refractivity contribution in [1.82, 2.24) is 4.57 Å². The van der Waals surface area contributed by atoms with Crippen LogP contribution in [0.25, 0.3) is 22.2 Å². The summed E-state index contributed by atoms with van der Waals surface area (Å²) in [4.78, 5) is 14.7. The summed E-state index contributed by atoms with van der Waals surface area (Å²) in [6.45, 7) is 5.11. The van der Waals surface area contributed by atoms with Gasteiger partial charge in [-0.05, 0) is 49.4 Å². The van der Waals surface area contributed by atoms with E-state index in [-0.39, 0.29) is 5.97 Å². The molecule has 0 bridgehead atoms. The van der Waals surface area contributed by atoms with E-state index < -0.39 is 0 Å². The maximum Gasteiger partial charge on any atom is 0.337 e. The molecule has 30 heavy (non-hydrogen) atoms. The van der Waals surface area contributed by atoms with Crippen LogP contribution in [0.1, 0.15) is 60.9 Å². The smallest absolute Gasteiger partial charge is 0.337 e. The van der Waals surface area contributed by atoms with Crippen molar-refractivity contribution in [2.75, 3.05) is 25.1 Å². The van der Waals surface area contributed by atoms with Crippen LogP contribution in [-0.2, 0) is 11.3 Å². The number of fused-ring (bicyclic) bond motifs is 5. The van der Waals surface area contributed by atoms with Crippen LogP contribution >= 0.6 is 0 Å². The van der Waals surface area contributed by atoms with Gasteiger partial charge in [-0.25, -0.2) is 4.79 Å². The Hall–Kier alpha value is -2.75. The molecule has 0 N–H and O–H groups in total. The second kappa shape index (κ2) is 7.82. The minimum atomic E-state index is -0.268. The van der Waals surface area contributed by atoms with Crippen LogP contribution in [0.3, 0.4) is 0 Å². The molecule has 0 radical (unpaired) electrons. The zero-order valence-electron chi connectivity index (χ0n) is 18.0. The first-order valence-electron chi connectivity index (χ1n) is 11.3. The Bertz CT molecular complexity index is 1090. The molecule has 2 heterocycles. The average molecular weight is 403 g/mol. The van der Waals surface area contributed by atoms with Gasteiger partial charge < -0.3 is 14.2 Å². The molecule has 1 aliphatic heterocycles. The van der Waals surface area contributed by atoms with Crippen molar-refractivity contribution >= 4 is 22.6 Å². The largest absolute Gasteiger partial charge is 0.465 e. The summed E-state index contributed by atoms with van der Waals surface area (Å²) in [6, 6.07) is 15.0. The number of carbonyl (C=O) groups is 1. The van der Waals surface area contributed by atoms with E-state index in [0.29, 0.717) is 11.5 Å². The summed E-state index contributed by atoms with van der Waals surface area (Å²) in [5.41, 5.74) is 7.31. The number of para-hydroxylation sites is 1. The van der Waals surface area contributed by atoms with Gasteiger partial charge in [0.2, 0.25) is 0 Å². The Morgan fingerprint density at radius 2 is 1.87 bits per heavy atom. The zero-order chi connectivity index (χ0) is 20.7. The number of esters is 1. The molecule has 4 heteroatoms. The van der Waals surface area contributed by atoms with Gasteiger partial charge in [-0.1, -0.05) is 43.5 Å². The summed E-state index contributed by atoms with van der Waals surface area (Å²) in [6.07, 6.45) is 6.46. The number of nitrogens with zero attached hydrogens (tertiary/aromatic N) is 2. The van der Waals surface area contributed by atoms with Crippen molar-refractivity contribution in [3.63, 3.8) is 0 Å². The molecule has 0 saturated heterocycles. The van der Waals surface area contributed by atoms with E-state index in [1.807, 2.05) is 12.1 Å². The predicted octanol–water partition coefficient (Wildman–Crippen LogP) is 5.98. The minimum absolute atomic E-state index is 0.268. The number of rotatable bonds is 3. The van der Waals surface area contributed by atoms with E-state index in [4.69, 9.17) is 4.74 Å². The van der Waals surface area contributed by atoms with Crippen molar-refractivity contribution in [1.29, 1.82) is 0 Å². The highest BCUT2D eigenvalue weighted by Gasteiger charge is 2.30. The summed E-state index contributed by atoms with van der Waals surface area (Å²) >= 11 is 0. The summed E-state index contributed by atoms with van der Waals surface area (Å²) in [5.74, 6) is 0.318. The van der Waals surface area contributed by atoms with Gasteiger partial charge in [-0.2, -0.15) is 0 Å². The number of aromatic nitrogens is 1. The normalized spacial score (nSPS) is 16.8. The summed E-state index contributed by atoms with van der Waals surface area (Å²) in [5, 5.41) is 1.31. The highest BCUT2D eigenvalue weighted by atomic mass is 16.5. The monoisotopic (exact) mass is 402 g/mol. The zero-order valence-corrected chi connectivity index (χ0v) is 18.0. The highest BCUT2D eigenvalue weighted by molar-refractivity contribution is 6.00. The number of carbonyl (C=O) groups excluding carboxylic acids is 1. The molecule has 2 aliphatic rings. The Labute approximate surface area is 178 Å². The molecule has 0 unspecified atom stereocenters. The molecule has 0 spiro atoms. The number of ether oxygens (including phenoxy) is 1. The van der Waals surface area contributed by atoms with Crippen LogP contribution in [0.4, 0.5) is 5.69 Å². The molecule has 1 aliphatic carbocycles. The van der Waals surface area contributed by atoms with Gasteiger partial charge in [0, 0.05) is 41.8 Å². The molecule has 0 atom stereocenters. The molecule has 0 amide bonds. The molecular formula is C26H30N2O2. The first-order valence-corrected chi connectivity index (χ1v) is 11.3. The molecule has 5 rings (SSSR count). The van der Waals surface area contributed by atoms with Gasteiger partial charge in [-0.3, -0.25) is 0 Å². The number of anilines is 1. The SMILES string of the molecule is CCN1CCn2c(c(C3CCCCC3)c3ccc(C(=O)OC)cc32)-c2ccccc21. The van der Waals surface area contributed by atoms with Gasteiger partial charge in [0.15, 0.2) is 0 Å². The van der Waals surface area contributed by atoms with Crippen LogP contribution in [0.5, 0.6) is 0 Å². The Kier molecular flexibility index (Phi) is 5.01. The first kappa shape index (κ1) is 19.2. The van der Waals surface area contributed by atoms with E-state index in [0.717, 1.165) is 19.6 Å². The van der Waals surface area contributed by atoms with Crippen LogP contribution in [0, 0.1) is 0 Å². The van der Waals surface area contributed by atoms with Crippen LogP contribution < -0.4 is 4.90 Å². The molecule has 1 aromatic heterocycles. The van der Waals surface area contributed by atoms with E-state index in [1.54, 1.807) is 0 Å². The second-order valence-electron chi connectivity index (χ2n) is 8.57. The molecule has 3 aromatic rings. The Morgan fingerprint density at radius 3 is 2.63 bits per heavy atom. The highest BCUT2D eigenvalue weighted by Crippen LogP contribution is 2.47. The predicted molar refractivity (Wildman–Crippen MR) is 122 cm³/mol. The van der Waals surface area contributed by atoms with Gasteiger partial charge in [0.05, 0.1) is 18.4 Å². The lowest BCUT2D eigenvalue weighted by molar-refractivity contribution is 0.0601. The number of benzene rings is 2. The molecule has 2 aromatic carbocycles. The fraction of sp³-hybridized carbons (Fsp3) is 0.423. The minimum Gasteiger partial charge on any atom is -0.465 e. The summed E-state index contributed by atoms with van der Waals surface area (Å²) < 4.78 is 7.48. The maximum absolute atomic E-state index is 12.3. The molecular weight excluding hydrogens is 372 g/mol. The van der Waals surface area contributed by atoms with E-state index in [1.165, 1.54) is 72.6 Å². The average Bonchev–Trinajstić information content (AvgIpc) is 3.03. The number of methoxy groups -OCH3 is 1. The molecule has 4 nitrogen and oxygen atoms in total. The second-order valence-corrected chi connectivity index (χ2v) is 8.57. The molecule has 156 valence electrons. The van der Waals surface area contributed by atoms with Crippen molar-refractivity contribution in [3.05, 3.63) is 53.6 Å². The lowest BCUT2D eigenvalue weighted by Gasteiger charge is -2.25. The number of hydrogen-bond donors (Lipinski definition) is 0.